The van der Waals surface area contributed by atoms with Gasteiger partial charge in [0.2, 0.25) is 5.91 Å². The van der Waals surface area contributed by atoms with Crippen LogP contribution in [0.25, 0.3) is 0 Å². The van der Waals surface area contributed by atoms with E-state index in [2.05, 4.69) is 24.1 Å². The van der Waals surface area contributed by atoms with Gasteiger partial charge in [0.15, 0.2) is 16.7 Å². The summed E-state index contributed by atoms with van der Waals surface area (Å²) in [4.78, 5) is 30.2. The van der Waals surface area contributed by atoms with Crippen LogP contribution in [0.5, 0.6) is 11.5 Å². The van der Waals surface area contributed by atoms with E-state index in [1.165, 1.54) is 11.8 Å². The Bertz CT molecular complexity index is 1240. The molecule has 2 aromatic carbocycles. The van der Waals surface area contributed by atoms with E-state index in [1.54, 1.807) is 11.7 Å². The van der Waals surface area contributed by atoms with Crippen LogP contribution in [-0.2, 0) is 17.6 Å². The van der Waals surface area contributed by atoms with Gasteiger partial charge >= 0.3 is 0 Å². The first-order chi connectivity index (χ1) is 16.4. The molecule has 1 atom stereocenters. The van der Waals surface area contributed by atoms with Gasteiger partial charge in [0.1, 0.15) is 5.82 Å². The van der Waals surface area contributed by atoms with Crippen LogP contribution in [0, 0.1) is 5.92 Å². The van der Waals surface area contributed by atoms with Gasteiger partial charge in [-0.2, -0.15) is 4.98 Å². The van der Waals surface area contributed by atoms with Gasteiger partial charge in [-0.25, -0.2) is 0 Å². The average molecular weight is 480 g/mol. The number of rotatable bonds is 8. The predicted molar refractivity (Wildman–Crippen MR) is 134 cm³/mol. The van der Waals surface area contributed by atoms with E-state index >= 15 is 0 Å². The minimum atomic E-state index is -0.420. The number of anilines is 1. The molecule has 0 radical (unpaired) electrons. The average Bonchev–Trinajstić information content (AvgIpc) is 2.84. The number of nitrogens with zero attached hydrogens (tertiary/aromatic N) is 2. The summed E-state index contributed by atoms with van der Waals surface area (Å²) in [5, 5.41) is 3.45. The van der Waals surface area contributed by atoms with Crippen molar-refractivity contribution in [1.82, 2.24) is 9.55 Å². The standard InChI is InChI=1S/C26H29N3O4S/c1-16(2)14-33-20-11-10-18(12-21(20)32-4)19-13-22(30)27-24-23(19)25(31)28-26(29(24)3)34-15-17-8-6-5-7-9-17/h5-12,16,19H,13-15H2,1-4H3,(H,27,30)/t19-/m0/s1. The summed E-state index contributed by atoms with van der Waals surface area (Å²) in [6.45, 7) is 4.72. The fraction of sp³-hybridized carbons (Fsp3) is 0.346. The number of ether oxygens (including phenoxy) is 2. The Kier molecular flexibility index (Phi) is 7.26. The second kappa shape index (κ2) is 10.3. The SMILES string of the molecule is COc1cc([C@@H]2CC(=O)Nc3c2c(=O)nc(SCc2ccccc2)n3C)ccc1OCC(C)C. The van der Waals surface area contributed by atoms with Crippen molar-refractivity contribution in [3.63, 3.8) is 0 Å². The smallest absolute Gasteiger partial charge is 0.279 e. The summed E-state index contributed by atoms with van der Waals surface area (Å²) < 4.78 is 13.2. The fourth-order valence-electron chi connectivity index (χ4n) is 3.95. The molecule has 0 saturated heterocycles. The molecule has 1 amide bonds. The predicted octanol–water partition coefficient (Wildman–Crippen LogP) is 4.59. The van der Waals surface area contributed by atoms with Crippen LogP contribution in [0.3, 0.4) is 0 Å². The van der Waals surface area contributed by atoms with Crippen molar-refractivity contribution in [1.29, 1.82) is 0 Å². The quantitative estimate of drug-likeness (QED) is 0.376. The number of hydrogen-bond acceptors (Lipinski definition) is 6. The van der Waals surface area contributed by atoms with Crippen LogP contribution in [-0.4, -0.2) is 29.2 Å². The van der Waals surface area contributed by atoms with E-state index in [0.29, 0.717) is 46.3 Å². The molecule has 178 valence electrons. The Morgan fingerprint density at radius 3 is 2.62 bits per heavy atom. The molecule has 3 aromatic rings. The minimum Gasteiger partial charge on any atom is -0.493 e. The van der Waals surface area contributed by atoms with E-state index < -0.39 is 5.92 Å². The number of nitrogens with one attached hydrogen (secondary N) is 1. The molecule has 0 bridgehead atoms. The lowest BCUT2D eigenvalue weighted by Crippen LogP contribution is -2.33. The van der Waals surface area contributed by atoms with Gasteiger partial charge in [0, 0.05) is 25.1 Å². The van der Waals surface area contributed by atoms with Crippen LogP contribution < -0.4 is 20.3 Å². The van der Waals surface area contributed by atoms with E-state index in [1.807, 2.05) is 55.6 Å². The first kappa shape index (κ1) is 23.9. The Morgan fingerprint density at radius 2 is 1.91 bits per heavy atom. The van der Waals surface area contributed by atoms with Gasteiger partial charge < -0.3 is 19.4 Å². The van der Waals surface area contributed by atoms with E-state index in [4.69, 9.17) is 9.47 Å². The number of benzene rings is 2. The van der Waals surface area contributed by atoms with E-state index in [9.17, 15) is 9.59 Å². The van der Waals surface area contributed by atoms with Crippen molar-refractivity contribution >= 4 is 23.5 Å². The Balaban J connectivity index is 1.68. The van der Waals surface area contributed by atoms with Crippen LogP contribution in [0.15, 0.2) is 58.5 Å². The zero-order valence-electron chi connectivity index (χ0n) is 19.8. The number of carbonyl (C=O) groups is 1. The molecule has 1 N–H and O–H groups in total. The zero-order chi connectivity index (χ0) is 24.2. The molecule has 0 spiro atoms. The molecule has 1 aromatic heterocycles. The Labute approximate surface area is 203 Å². The lowest BCUT2D eigenvalue weighted by Gasteiger charge is -2.28. The number of amides is 1. The molecule has 0 saturated carbocycles. The van der Waals surface area contributed by atoms with E-state index in [0.717, 1.165) is 11.1 Å². The molecular formula is C26H29N3O4S. The van der Waals surface area contributed by atoms with Crippen LogP contribution in [0.4, 0.5) is 5.82 Å². The molecule has 0 unspecified atom stereocenters. The summed E-state index contributed by atoms with van der Waals surface area (Å²) in [5.74, 6) is 2.20. The molecule has 34 heavy (non-hydrogen) atoms. The number of carbonyl (C=O) groups excluding carboxylic acids is 1. The monoisotopic (exact) mass is 479 g/mol. The lowest BCUT2D eigenvalue weighted by molar-refractivity contribution is -0.116. The van der Waals surface area contributed by atoms with Gasteiger partial charge in [0.05, 0.1) is 19.3 Å². The van der Waals surface area contributed by atoms with E-state index in [-0.39, 0.29) is 17.9 Å². The number of fused-ring (bicyclic) bond motifs is 1. The van der Waals surface area contributed by atoms with Gasteiger partial charge in [-0.3, -0.25) is 9.59 Å². The maximum Gasteiger partial charge on any atom is 0.279 e. The normalized spacial score (nSPS) is 15.1. The van der Waals surface area contributed by atoms with Crippen molar-refractivity contribution in [3.8, 4) is 11.5 Å². The highest BCUT2D eigenvalue weighted by Crippen LogP contribution is 2.39. The third-order valence-electron chi connectivity index (χ3n) is 5.67. The summed E-state index contributed by atoms with van der Waals surface area (Å²) >= 11 is 1.47. The molecule has 8 heteroatoms. The minimum absolute atomic E-state index is 0.142. The van der Waals surface area contributed by atoms with Gasteiger partial charge in [-0.1, -0.05) is 62.0 Å². The summed E-state index contributed by atoms with van der Waals surface area (Å²) in [5.41, 5.74) is 2.11. The molecule has 0 aliphatic carbocycles. The summed E-state index contributed by atoms with van der Waals surface area (Å²) in [7, 11) is 3.41. The Morgan fingerprint density at radius 1 is 1.15 bits per heavy atom. The highest BCUT2D eigenvalue weighted by atomic mass is 32.2. The molecule has 7 nitrogen and oxygen atoms in total. The van der Waals surface area contributed by atoms with Crippen LogP contribution >= 0.6 is 11.8 Å². The topological polar surface area (TPSA) is 82.5 Å². The maximum atomic E-state index is 13.2. The molecule has 0 fully saturated rings. The zero-order valence-corrected chi connectivity index (χ0v) is 20.6. The largest absolute Gasteiger partial charge is 0.493 e. The molecular weight excluding hydrogens is 450 g/mol. The Hall–Kier alpha value is -3.26. The third kappa shape index (κ3) is 5.12. The fourth-order valence-corrected chi connectivity index (χ4v) is 4.87. The number of hydrogen-bond donors (Lipinski definition) is 1. The first-order valence-electron chi connectivity index (χ1n) is 11.3. The van der Waals surface area contributed by atoms with Crippen molar-refractivity contribution in [3.05, 3.63) is 75.6 Å². The number of methoxy groups -OCH3 is 1. The lowest BCUT2D eigenvalue weighted by atomic mass is 9.86. The van der Waals surface area contributed by atoms with Crippen molar-refractivity contribution < 1.29 is 14.3 Å². The first-order valence-corrected chi connectivity index (χ1v) is 12.2. The summed E-state index contributed by atoms with van der Waals surface area (Å²) in [6.07, 6.45) is 0.162. The number of thioether (sulfide) groups is 1. The molecule has 1 aliphatic heterocycles. The highest BCUT2D eigenvalue weighted by Gasteiger charge is 2.32. The van der Waals surface area contributed by atoms with Gasteiger partial charge in [-0.05, 0) is 29.2 Å². The van der Waals surface area contributed by atoms with Gasteiger partial charge in [-0.15, -0.1) is 0 Å². The second-order valence-electron chi connectivity index (χ2n) is 8.72. The second-order valence-corrected chi connectivity index (χ2v) is 9.66. The van der Waals surface area contributed by atoms with Crippen LogP contribution in [0.1, 0.15) is 42.9 Å². The molecule has 4 rings (SSSR count). The highest BCUT2D eigenvalue weighted by molar-refractivity contribution is 7.98. The van der Waals surface area contributed by atoms with Gasteiger partial charge in [0.25, 0.3) is 5.56 Å². The summed E-state index contributed by atoms with van der Waals surface area (Å²) in [6, 6.07) is 15.6. The molecule has 2 heterocycles. The van der Waals surface area contributed by atoms with Crippen molar-refractivity contribution in [2.45, 2.75) is 37.1 Å². The van der Waals surface area contributed by atoms with Crippen molar-refractivity contribution in [2.24, 2.45) is 13.0 Å². The van der Waals surface area contributed by atoms with Crippen LogP contribution in [0.2, 0.25) is 0 Å². The maximum absolute atomic E-state index is 13.2. The molecule has 1 aliphatic rings. The number of aromatic nitrogens is 2. The third-order valence-corrected chi connectivity index (χ3v) is 6.77. The van der Waals surface area contributed by atoms with Crippen molar-refractivity contribution in [2.75, 3.05) is 19.0 Å².